The molecular weight excluding hydrogens is 336 g/mol. The Morgan fingerprint density at radius 2 is 1.90 bits per heavy atom. The van der Waals surface area contributed by atoms with Crippen molar-refractivity contribution in [1.29, 1.82) is 0 Å². The van der Waals surface area contributed by atoms with Crippen LogP contribution in [0.1, 0.15) is 0 Å². The van der Waals surface area contributed by atoms with Gasteiger partial charge in [0.15, 0.2) is 0 Å². The summed E-state index contributed by atoms with van der Waals surface area (Å²) in [5, 5.41) is 27.5. The van der Waals surface area contributed by atoms with E-state index >= 15 is 0 Å². The number of piperazine rings is 1. The van der Waals surface area contributed by atoms with E-state index in [4.69, 9.17) is 0 Å². The van der Waals surface area contributed by atoms with Crippen molar-refractivity contribution in [3.05, 3.63) is 22.8 Å². The second kappa shape index (κ2) is 5.57. The average Bonchev–Trinajstić information content (AvgIpc) is 2.85. The molecular formula is C14H17BrN4O2. The smallest absolute Gasteiger partial charge is 0.133 e. The number of aromatic hydroxyl groups is 2. The number of aromatic nitrogens is 2. The molecule has 2 heterocycles. The molecule has 7 heteroatoms. The Morgan fingerprint density at radius 1 is 1.19 bits per heavy atom. The molecule has 0 aliphatic carbocycles. The summed E-state index contributed by atoms with van der Waals surface area (Å²) in [5.41, 5.74) is 2.48. The molecule has 2 aromatic rings. The molecule has 6 nitrogen and oxygen atoms in total. The van der Waals surface area contributed by atoms with Gasteiger partial charge < -0.3 is 20.4 Å². The molecule has 0 spiro atoms. The summed E-state index contributed by atoms with van der Waals surface area (Å²) in [6.45, 7) is 3.66. The number of anilines is 1. The molecule has 1 saturated heterocycles. The number of halogens is 1. The average molecular weight is 353 g/mol. The summed E-state index contributed by atoms with van der Waals surface area (Å²) in [4.78, 5) is 2.25. The zero-order valence-electron chi connectivity index (χ0n) is 11.7. The van der Waals surface area contributed by atoms with Crippen molar-refractivity contribution in [3.8, 4) is 22.8 Å². The highest BCUT2D eigenvalue weighted by Gasteiger charge is 2.21. The van der Waals surface area contributed by atoms with E-state index in [0.717, 1.165) is 37.6 Å². The third-order valence-electron chi connectivity index (χ3n) is 3.70. The van der Waals surface area contributed by atoms with E-state index in [1.807, 2.05) is 13.2 Å². The van der Waals surface area contributed by atoms with Gasteiger partial charge in [-0.1, -0.05) is 0 Å². The molecule has 3 N–H and O–H groups in total. The highest BCUT2D eigenvalue weighted by molar-refractivity contribution is 9.10. The summed E-state index contributed by atoms with van der Waals surface area (Å²) >= 11 is 3.30. The van der Waals surface area contributed by atoms with Crippen LogP contribution in [0.25, 0.3) is 11.3 Å². The number of phenolic OH excluding ortho intramolecular Hbond substituents is 2. The second-order valence-electron chi connectivity index (χ2n) is 5.06. The van der Waals surface area contributed by atoms with E-state index in [1.165, 1.54) is 6.07 Å². The van der Waals surface area contributed by atoms with Crippen molar-refractivity contribution in [1.82, 2.24) is 15.1 Å². The molecule has 1 aliphatic rings. The Labute approximate surface area is 131 Å². The van der Waals surface area contributed by atoms with Crippen molar-refractivity contribution in [2.24, 2.45) is 7.05 Å². The maximum atomic E-state index is 10.2. The minimum atomic E-state index is 0.0159. The Kier molecular flexibility index (Phi) is 3.77. The largest absolute Gasteiger partial charge is 0.507 e. The van der Waals surface area contributed by atoms with Crippen LogP contribution in [0.5, 0.6) is 11.5 Å². The topological polar surface area (TPSA) is 73.6 Å². The minimum Gasteiger partial charge on any atom is -0.507 e. The van der Waals surface area contributed by atoms with Gasteiger partial charge in [-0.15, -0.1) is 0 Å². The first-order chi connectivity index (χ1) is 10.1. The Morgan fingerprint density at radius 3 is 2.62 bits per heavy atom. The third kappa shape index (κ3) is 2.58. The van der Waals surface area contributed by atoms with Crippen LogP contribution in [-0.4, -0.2) is 46.2 Å². The number of nitrogens with zero attached hydrogens (tertiary/aromatic N) is 3. The van der Waals surface area contributed by atoms with Crippen molar-refractivity contribution < 1.29 is 10.2 Å². The number of phenols is 2. The molecule has 0 bridgehead atoms. The molecule has 1 aromatic heterocycles. The molecule has 112 valence electrons. The number of hydrogen-bond acceptors (Lipinski definition) is 5. The van der Waals surface area contributed by atoms with Gasteiger partial charge in [-0.05, 0) is 22.0 Å². The first kappa shape index (κ1) is 14.2. The van der Waals surface area contributed by atoms with Crippen LogP contribution in [0.3, 0.4) is 0 Å². The summed E-state index contributed by atoms with van der Waals surface area (Å²) in [5.74, 6) is 0.0535. The highest BCUT2D eigenvalue weighted by atomic mass is 79.9. The van der Waals surface area contributed by atoms with Crippen molar-refractivity contribution in [2.45, 2.75) is 0 Å². The van der Waals surface area contributed by atoms with Crippen molar-refractivity contribution in [2.75, 3.05) is 31.1 Å². The van der Waals surface area contributed by atoms with Crippen LogP contribution < -0.4 is 10.2 Å². The van der Waals surface area contributed by atoms with Gasteiger partial charge in [0, 0.05) is 44.9 Å². The summed E-state index contributed by atoms with van der Waals surface area (Å²) < 4.78 is 2.29. The lowest BCUT2D eigenvalue weighted by molar-refractivity contribution is 0.449. The molecule has 0 atom stereocenters. The fourth-order valence-electron chi connectivity index (χ4n) is 2.62. The summed E-state index contributed by atoms with van der Waals surface area (Å²) in [6.07, 6.45) is 1.82. The monoisotopic (exact) mass is 352 g/mol. The quantitative estimate of drug-likeness (QED) is 0.766. The highest BCUT2D eigenvalue weighted by Crippen LogP contribution is 2.41. The third-order valence-corrected chi connectivity index (χ3v) is 4.33. The molecule has 1 fully saturated rings. The van der Waals surface area contributed by atoms with Crippen LogP contribution >= 0.6 is 15.9 Å². The van der Waals surface area contributed by atoms with Gasteiger partial charge in [0.25, 0.3) is 0 Å². The van der Waals surface area contributed by atoms with Crippen LogP contribution in [0.4, 0.5) is 5.69 Å². The predicted molar refractivity (Wildman–Crippen MR) is 84.8 cm³/mol. The number of aryl methyl sites for hydroxylation is 1. The number of hydrogen-bond donors (Lipinski definition) is 3. The SMILES string of the molecule is Cn1ncc(N2CCNCC2)c1-c1cc(Br)c(O)cc1O. The van der Waals surface area contributed by atoms with Gasteiger partial charge in [0.2, 0.25) is 0 Å². The maximum absolute atomic E-state index is 10.2. The van der Waals surface area contributed by atoms with E-state index in [9.17, 15) is 10.2 Å². The lowest BCUT2D eigenvalue weighted by atomic mass is 10.1. The lowest BCUT2D eigenvalue weighted by Gasteiger charge is -2.29. The van der Waals surface area contributed by atoms with Gasteiger partial charge in [0.1, 0.15) is 11.5 Å². The zero-order chi connectivity index (χ0) is 15.0. The van der Waals surface area contributed by atoms with Gasteiger partial charge in [0.05, 0.1) is 22.1 Å². The fraction of sp³-hybridized carbons (Fsp3) is 0.357. The van der Waals surface area contributed by atoms with Gasteiger partial charge in [-0.25, -0.2) is 0 Å². The minimum absolute atomic E-state index is 0.0159. The Hall–Kier alpha value is -1.73. The molecule has 0 unspecified atom stereocenters. The maximum Gasteiger partial charge on any atom is 0.133 e. The molecule has 21 heavy (non-hydrogen) atoms. The lowest BCUT2D eigenvalue weighted by Crippen LogP contribution is -2.43. The standard InChI is InChI=1S/C14H17BrN4O2/c1-18-14(9-6-10(15)13(21)7-12(9)20)11(8-17-18)19-4-2-16-3-5-19/h6-8,16,20-21H,2-5H2,1H3. The Balaban J connectivity index is 2.10. The first-order valence-corrected chi connectivity index (χ1v) is 7.56. The van der Waals surface area contributed by atoms with E-state index in [0.29, 0.717) is 10.0 Å². The molecule has 0 amide bonds. The van der Waals surface area contributed by atoms with E-state index < -0.39 is 0 Å². The number of rotatable bonds is 2. The van der Waals surface area contributed by atoms with E-state index in [2.05, 4.69) is 31.2 Å². The molecule has 0 radical (unpaired) electrons. The predicted octanol–water partition coefficient (Wildman–Crippen LogP) is 1.67. The summed E-state index contributed by atoms with van der Waals surface area (Å²) in [7, 11) is 1.85. The number of nitrogens with one attached hydrogen (secondary N) is 1. The van der Waals surface area contributed by atoms with Crippen LogP contribution in [0.15, 0.2) is 22.8 Å². The zero-order valence-corrected chi connectivity index (χ0v) is 13.3. The Bertz CT molecular complexity index is 665. The number of benzene rings is 1. The fourth-order valence-corrected chi connectivity index (χ4v) is 2.96. The van der Waals surface area contributed by atoms with Crippen molar-refractivity contribution >= 4 is 21.6 Å². The van der Waals surface area contributed by atoms with Gasteiger partial charge in [-0.3, -0.25) is 4.68 Å². The second-order valence-corrected chi connectivity index (χ2v) is 5.91. The van der Waals surface area contributed by atoms with E-state index in [1.54, 1.807) is 10.7 Å². The van der Waals surface area contributed by atoms with Gasteiger partial charge >= 0.3 is 0 Å². The van der Waals surface area contributed by atoms with Crippen molar-refractivity contribution in [3.63, 3.8) is 0 Å². The van der Waals surface area contributed by atoms with E-state index in [-0.39, 0.29) is 11.5 Å². The van der Waals surface area contributed by atoms with Gasteiger partial charge in [-0.2, -0.15) is 5.10 Å². The van der Waals surface area contributed by atoms with Crippen LogP contribution in [-0.2, 0) is 7.05 Å². The molecule has 1 aromatic carbocycles. The van der Waals surface area contributed by atoms with Crippen LogP contribution in [0, 0.1) is 0 Å². The summed E-state index contributed by atoms with van der Waals surface area (Å²) in [6, 6.07) is 3.06. The van der Waals surface area contributed by atoms with Crippen LogP contribution in [0.2, 0.25) is 0 Å². The molecule has 3 rings (SSSR count). The first-order valence-electron chi connectivity index (χ1n) is 6.77. The molecule has 1 aliphatic heterocycles. The normalized spacial score (nSPS) is 15.4. The molecule has 0 saturated carbocycles.